The SMILES string of the molecule is Cc1cnc(C(=O)Cc2ccc(F)c(F)c2)cn1. The minimum Gasteiger partial charge on any atom is -0.292 e. The molecule has 3 nitrogen and oxygen atoms in total. The van der Waals surface area contributed by atoms with Crippen LogP contribution in [0.2, 0.25) is 0 Å². The van der Waals surface area contributed by atoms with Crippen LogP contribution in [0.5, 0.6) is 0 Å². The molecule has 0 N–H and O–H groups in total. The zero-order valence-corrected chi connectivity index (χ0v) is 9.65. The third-order valence-electron chi connectivity index (χ3n) is 2.42. The van der Waals surface area contributed by atoms with Crippen LogP contribution in [0.1, 0.15) is 21.7 Å². The minimum absolute atomic E-state index is 0.0328. The van der Waals surface area contributed by atoms with E-state index in [0.717, 1.165) is 12.1 Å². The van der Waals surface area contributed by atoms with E-state index < -0.39 is 11.6 Å². The van der Waals surface area contributed by atoms with E-state index in [1.807, 2.05) is 0 Å². The van der Waals surface area contributed by atoms with Crippen molar-refractivity contribution in [2.24, 2.45) is 0 Å². The highest BCUT2D eigenvalue weighted by atomic mass is 19.2. The molecule has 5 heteroatoms. The van der Waals surface area contributed by atoms with Crippen molar-refractivity contribution in [3.8, 4) is 0 Å². The van der Waals surface area contributed by atoms with Crippen molar-refractivity contribution in [2.75, 3.05) is 0 Å². The molecule has 0 radical (unpaired) electrons. The van der Waals surface area contributed by atoms with Crippen LogP contribution in [-0.4, -0.2) is 15.8 Å². The molecule has 0 amide bonds. The maximum Gasteiger partial charge on any atom is 0.187 e. The topological polar surface area (TPSA) is 42.9 Å². The lowest BCUT2D eigenvalue weighted by molar-refractivity contribution is 0.0987. The van der Waals surface area contributed by atoms with Crippen molar-refractivity contribution in [1.29, 1.82) is 0 Å². The Bertz CT molecular complexity index is 582. The van der Waals surface area contributed by atoms with Crippen molar-refractivity contribution in [3.05, 3.63) is 59.2 Å². The minimum atomic E-state index is -0.963. The highest BCUT2D eigenvalue weighted by molar-refractivity contribution is 5.95. The van der Waals surface area contributed by atoms with Crippen molar-refractivity contribution in [2.45, 2.75) is 13.3 Å². The maximum atomic E-state index is 13.0. The van der Waals surface area contributed by atoms with E-state index in [-0.39, 0.29) is 17.9 Å². The van der Waals surface area contributed by atoms with Crippen molar-refractivity contribution >= 4 is 5.78 Å². The second-order valence-corrected chi connectivity index (χ2v) is 3.89. The van der Waals surface area contributed by atoms with Gasteiger partial charge < -0.3 is 0 Å². The summed E-state index contributed by atoms with van der Waals surface area (Å²) in [6.07, 6.45) is 2.82. The number of benzene rings is 1. The van der Waals surface area contributed by atoms with Gasteiger partial charge in [0.15, 0.2) is 17.4 Å². The smallest absolute Gasteiger partial charge is 0.187 e. The molecule has 2 rings (SSSR count). The van der Waals surface area contributed by atoms with Crippen molar-refractivity contribution in [1.82, 2.24) is 9.97 Å². The molecule has 0 unspecified atom stereocenters. The molecule has 0 aliphatic carbocycles. The Balaban J connectivity index is 2.16. The predicted molar refractivity (Wildman–Crippen MR) is 61.2 cm³/mol. The van der Waals surface area contributed by atoms with E-state index in [4.69, 9.17) is 0 Å². The van der Waals surface area contributed by atoms with E-state index >= 15 is 0 Å². The molecule has 1 aromatic carbocycles. The Morgan fingerprint density at radius 2 is 1.94 bits per heavy atom. The number of hydrogen-bond donors (Lipinski definition) is 0. The Labute approximate surface area is 103 Å². The van der Waals surface area contributed by atoms with Crippen molar-refractivity contribution in [3.63, 3.8) is 0 Å². The molecule has 0 saturated carbocycles. The predicted octanol–water partition coefficient (Wildman–Crippen LogP) is 2.49. The molecule has 92 valence electrons. The average molecular weight is 248 g/mol. The van der Waals surface area contributed by atoms with E-state index in [1.165, 1.54) is 18.5 Å². The summed E-state index contributed by atoms with van der Waals surface area (Å²) in [6.45, 7) is 1.76. The molecule has 0 spiro atoms. The van der Waals surface area contributed by atoms with Crippen LogP contribution < -0.4 is 0 Å². The standard InChI is InChI=1S/C13H10F2N2O/c1-8-6-17-12(7-16-8)13(18)5-9-2-3-10(14)11(15)4-9/h2-4,6-7H,5H2,1H3. The maximum absolute atomic E-state index is 13.0. The summed E-state index contributed by atoms with van der Waals surface area (Å²) in [5, 5.41) is 0. The molecule has 0 aliphatic heterocycles. The molecule has 0 atom stereocenters. The lowest BCUT2D eigenvalue weighted by atomic mass is 10.1. The van der Waals surface area contributed by atoms with E-state index in [9.17, 15) is 13.6 Å². The number of hydrogen-bond acceptors (Lipinski definition) is 3. The summed E-state index contributed by atoms with van der Waals surface area (Å²) in [5.74, 6) is -2.18. The van der Waals surface area contributed by atoms with Crippen LogP contribution in [0.4, 0.5) is 8.78 Å². The zero-order valence-electron chi connectivity index (χ0n) is 9.65. The summed E-state index contributed by atoms with van der Waals surface area (Å²) >= 11 is 0. The quantitative estimate of drug-likeness (QED) is 0.784. The van der Waals surface area contributed by atoms with Crippen LogP contribution in [0.25, 0.3) is 0 Å². The summed E-state index contributed by atoms with van der Waals surface area (Å²) < 4.78 is 25.7. The molecular weight excluding hydrogens is 238 g/mol. The summed E-state index contributed by atoms with van der Waals surface area (Å²) in [5.41, 5.74) is 1.32. The van der Waals surface area contributed by atoms with Gasteiger partial charge >= 0.3 is 0 Å². The first-order valence-electron chi connectivity index (χ1n) is 5.32. The molecule has 1 heterocycles. The van der Waals surface area contributed by atoms with Crippen molar-refractivity contribution < 1.29 is 13.6 Å². The van der Waals surface area contributed by atoms with Gasteiger partial charge in [-0.15, -0.1) is 0 Å². The van der Waals surface area contributed by atoms with Gasteiger partial charge in [0.25, 0.3) is 0 Å². The van der Waals surface area contributed by atoms with Gasteiger partial charge in [0, 0.05) is 12.6 Å². The second-order valence-electron chi connectivity index (χ2n) is 3.89. The Kier molecular flexibility index (Phi) is 3.41. The summed E-state index contributed by atoms with van der Waals surface area (Å²) in [6, 6.07) is 3.38. The lowest BCUT2D eigenvalue weighted by Gasteiger charge is -2.02. The average Bonchev–Trinajstić information content (AvgIpc) is 2.34. The first-order chi connectivity index (χ1) is 8.56. The Morgan fingerprint density at radius 1 is 1.17 bits per heavy atom. The van der Waals surface area contributed by atoms with E-state index in [1.54, 1.807) is 6.92 Å². The summed E-state index contributed by atoms with van der Waals surface area (Å²) in [4.78, 5) is 19.7. The van der Waals surface area contributed by atoms with Gasteiger partial charge in [-0.2, -0.15) is 0 Å². The number of rotatable bonds is 3. The molecule has 0 saturated heterocycles. The van der Waals surface area contributed by atoms with E-state index in [0.29, 0.717) is 11.3 Å². The van der Waals surface area contributed by atoms with Gasteiger partial charge in [0.05, 0.1) is 11.9 Å². The molecule has 0 fully saturated rings. The van der Waals surface area contributed by atoms with Crippen LogP contribution in [0.15, 0.2) is 30.6 Å². The van der Waals surface area contributed by atoms with Gasteiger partial charge in [0.2, 0.25) is 0 Å². The number of nitrogens with zero attached hydrogens (tertiary/aromatic N) is 2. The fourth-order valence-corrected chi connectivity index (χ4v) is 1.46. The molecule has 0 aliphatic rings. The Morgan fingerprint density at radius 3 is 2.56 bits per heavy atom. The van der Waals surface area contributed by atoms with Crippen LogP contribution in [-0.2, 0) is 6.42 Å². The number of Topliss-reactive ketones (excluding diaryl/α,β-unsaturated/α-hetero) is 1. The van der Waals surface area contributed by atoms with Crippen LogP contribution in [0, 0.1) is 18.6 Å². The number of carbonyl (C=O) groups excluding carboxylic acids is 1. The van der Waals surface area contributed by atoms with Gasteiger partial charge in [-0.05, 0) is 24.6 Å². The fourth-order valence-electron chi connectivity index (χ4n) is 1.46. The number of halogens is 2. The molecule has 2 aromatic rings. The summed E-state index contributed by atoms with van der Waals surface area (Å²) in [7, 11) is 0. The first kappa shape index (κ1) is 12.3. The van der Waals surface area contributed by atoms with Gasteiger partial charge in [0.1, 0.15) is 5.69 Å². The molecule has 18 heavy (non-hydrogen) atoms. The van der Waals surface area contributed by atoms with E-state index in [2.05, 4.69) is 9.97 Å². The highest BCUT2D eigenvalue weighted by Gasteiger charge is 2.10. The fraction of sp³-hybridized carbons (Fsp3) is 0.154. The monoisotopic (exact) mass is 248 g/mol. The molecule has 1 aromatic heterocycles. The van der Waals surface area contributed by atoms with Gasteiger partial charge in [-0.1, -0.05) is 6.07 Å². The van der Waals surface area contributed by atoms with Gasteiger partial charge in [-0.3, -0.25) is 9.78 Å². The zero-order chi connectivity index (χ0) is 13.1. The molecular formula is C13H10F2N2O. The first-order valence-corrected chi connectivity index (χ1v) is 5.32. The number of ketones is 1. The third-order valence-corrected chi connectivity index (χ3v) is 2.42. The Hall–Kier alpha value is -2.17. The van der Waals surface area contributed by atoms with Crippen LogP contribution >= 0.6 is 0 Å². The third kappa shape index (κ3) is 2.74. The lowest BCUT2D eigenvalue weighted by Crippen LogP contribution is -2.07. The van der Waals surface area contributed by atoms with Gasteiger partial charge in [-0.25, -0.2) is 13.8 Å². The highest BCUT2D eigenvalue weighted by Crippen LogP contribution is 2.11. The normalized spacial score (nSPS) is 10.4. The largest absolute Gasteiger partial charge is 0.292 e. The number of carbonyl (C=O) groups is 1. The number of aromatic nitrogens is 2. The van der Waals surface area contributed by atoms with Crippen LogP contribution in [0.3, 0.4) is 0 Å². The second kappa shape index (κ2) is 5.00. The number of aryl methyl sites for hydroxylation is 1. The molecule has 0 bridgehead atoms.